The van der Waals surface area contributed by atoms with Crippen LogP contribution in [0.2, 0.25) is 0 Å². The van der Waals surface area contributed by atoms with Crippen LogP contribution in [-0.4, -0.2) is 41.3 Å². The zero-order chi connectivity index (χ0) is 17.6. The predicted molar refractivity (Wildman–Crippen MR) is 97.7 cm³/mol. The number of hydrogen-bond donors (Lipinski definition) is 2. The summed E-state index contributed by atoms with van der Waals surface area (Å²) < 4.78 is 6.19. The zero-order valence-electron chi connectivity index (χ0n) is 13.3. The Bertz CT molecular complexity index is 761. The van der Waals surface area contributed by atoms with E-state index < -0.39 is 6.10 Å². The lowest BCUT2D eigenvalue weighted by Gasteiger charge is -2.07. The predicted octanol–water partition coefficient (Wildman–Crippen LogP) is 2.39. The highest BCUT2D eigenvalue weighted by Crippen LogP contribution is 2.18. The minimum Gasteiger partial charge on any atom is -0.368 e. The lowest BCUT2D eigenvalue weighted by Crippen LogP contribution is -2.26. The van der Waals surface area contributed by atoms with Gasteiger partial charge in [-0.25, -0.2) is 0 Å². The van der Waals surface area contributed by atoms with Crippen molar-refractivity contribution in [2.75, 3.05) is 18.5 Å². The van der Waals surface area contributed by atoms with E-state index in [0.717, 1.165) is 22.3 Å². The number of carbonyl (C=O) groups is 2. The highest BCUT2D eigenvalue weighted by molar-refractivity contribution is 9.10. The van der Waals surface area contributed by atoms with Crippen molar-refractivity contribution < 1.29 is 14.3 Å². The van der Waals surface area contributed by atoms with Gasteiger partial charge in [0.05, 0.1) is 0 Å². The molecule has 2 aromatic rings. The van der Waals surface area contributed by atoms with E-state index in [-0.39, 0.29) is 11.8 Å². The Labute approximate surface area is 157 Å². The van der Waals surface area contributed by atoms with Crippen LogP contribution >= 0.6 is 27.3 Å². The first kappa shape index (κ1) is 18.0. The van der Waals surface area contributed by atoms with Crippen molar-refractivity contribution in [3.8, 4) is 0 Å². The second-order valence-corrected chi connectivity index (χ2v) is 7.49. The molecule has 2 heterocycles. The molecule has 2 N–H and O–H groups in total. The smallest absolute Gasteiger partial charge is 0.255 e. The second kappa shape index (κ2) is 8.50. The third-order valence-electron chi connectivity index (χ3n) is 3.63. The van der Waals surface area contributed by atoms with Crippen LogP contribution in [0.3, 0.4) is 0 Å². The van der Waals surface area contributed by atoms with Crippen LogP contribution in [0.1, 0.15) is 28.2 Å². The summed E-state index contributed by atoms with van der Waals surface area (Å²) in [6.45, 7) is 1.07. The number of anilines is 1. The maximum Gasteiger partial charge on any atom is 0.255 e. The lowest BCUT2D eigenvalue weighted by molar-refractivity contribution is -0.124. The number of ether oxygens (including phenoxy) is 1. The van der Waals surface area contributed by atoms with E-state index in [0.29, 0.717) is 30.3 Å². The van der Waals surface area contributed by atoms with Crippen molar-refractivity contribution in [2.45, 2.75) is 25.4 Å². The fraction of sp³-hybridized carbons (Fsp3) is 0.375. The van der Waals surface area contributed by atoms with Gasteiger partial charge in [-0.15, -0.1) is 10.2 Å². The van der Waals surface area contributed by atoms with E-state index in [1.54, 1.807) is 12.1 Å². The summed E-state index contributed by atoms with van der Waals surface area (Å²) in [6.07, 6.45) is 1.79. The number of nitrogens with zero attached hydrogens (tertiary/aromatic N) is 2. The van der Waals surface area contributed by atoms with Gasteiger partial charge in [0.25, 0.3) is 11.8 Å². The molecule has 0 bridgehead atoms. The number of rotatable bonds is 6. The van der Waals surface area contributed by atoms with Crippen molar-refractivity contribution >= 4 is 44.2 Å². The minimum absolute atomic E-state index is 0.141. The Morgan fingerprint density at radius 1 is 1.36 bits per heavy atom. The first-order valence-corrected chi connectivity index (χ1v) is 9.51. The van der Waals surface area contributed by atoms with Crippen LogP contribution < -0.4 is 10.6 Å². The largest absolute Gasteiger partial charge is 0.368 e. The highest BCUT2D eigenvalue weighted by Gasteiger charge is 2.24. The fourth-order valence-corrected chi connectivity index (χ4v) is 3.53. The molecular formula is C16H17BrN4O3S. The SMILES string of the molecule is O=C(NCCc1nnc(NC(=O)[C@H]2CCCO2)s1)c1cccc(Br)c1. The van der Waals surface area contributed by atoms with Gasteiger partial charge in [-0.2, -0.15) is 0 Å². The summed E-state index contributed by atoms with van der Waals surface area (Å²) in [6, 6.07) is 7.19. The average Bonchev–Trinajstić information content (AvgIpc) is 3.26. The summed E-state index contributed by atoms with van der Waals surface area (Å²) in [5.41, 5.74) is 0.594. The summed E-state index contributed by atoms with van der Waals surface area (Å²) >= 11 is 4.64. The van der Waals surface area contributed by atoms with E-state index in [1.165, 1.54) is 11.3 Å². The summed E-state index contributed by atoms with van der Waals surface area (Å²) in [5.74, 6) is -0.319. The van der Waals surface area contributed by atoms with Gasteiger partial charge >= 0.3 is 0 Å². The molecule has 1 aliphatic rings. The molecule has 0 spiro atoms. The van der Waals surface area contributed by atoms with Crippen LogP contribution in [0.15, 0.2) is 28.7 Å². The van der Waals surface area contributed by atoms with Crippen LogP contribution in [-0.2, 0) is 16.0 Å². The molecule has 1 aromatic carbocycles. The normalized spacial score (nSPS) is 16.6. The Kier molecular flexibility index (Phi) is 6.11. The second-order valence-electron chi connectivity index (χ2n) is 5.51. The molecule has 1 aliphatic heterocycles. The van der Waals surface area contributed by atoms with Gasteiger partial charge in [0, 0.05) is 29.6 Å². The van der Waals surface area contributed by atoms with Gasteiger partial charge in [0.1, 0.15) is 11.1 Å². The molecule has 0 radical (unpaired) electrons. The van der Waals surface area contributed by atoms with Gasteiger partial charge in [0.2, 0.25) is 5.13 Å². The molecule has 1 saturated heterocycles. The molecule has 0 saturated carbocycles. The number of amides is 2. The maximum absolute atomic E-state index is 12.0. The summed E-state index contributed by atoms with van der Waals surface area (Å²) in [4.78, 5) is 24.0. The molecule has 1 atom stereocenters. The molecule has 7 nitrogen and oxygen atoms in total. The first-order chi connectivity index (χ1) is 12.1. The monoisotopic (exact) mass is 424 g/mol. The number of benzene rings is 1. The van der Waals surface area contributed by atoms with Gasteiger partial charge in [-0.1, -0.05) is 33.3 Å². The molecule has 3 rings (SSSR count). The summed E-state index contributed by atoms with van der Waals surface area (Å²) in [7, 11) is 0. The van der Waals surface area contributed by atoms with Gasteiger partial charge < -0.3 is 10.1 Å². The van der Waals surface area contributed by atoms with Crippen molar-refractivity contribution in [2.24, 2.45) is 0 Å². The van der Waals surface area contributed by atoms with E-state index in [2.05, 4.69) is 36.8 Å². The van der Waals surface area contributed by atoms with Crippen molar-refractivity contribution in [1.82, 2.24) is 15.5 Å². The topological polar surface area (TPSA) is 93.2 Å². The number of carbonyl (C=O) groups excluding carboxylic acids is 2. The Hall–Kier alpha value is -1.84. The molecule has 2 amide bonds. The van der Waals surface area contributed by atoms with Crippen molar-refractivity contribution in [3.63, 3.8) is 0 Å². The van der Waals surface area contributed by atoms with Gasteiger partial charge in [-0.3, -0.25) is 14.9 Å². The quantitative estimate of drug-likeness (QED) is 0.742. The zero-order valence-corrected chi connectivity index (χ0v) is 15.7. The van der Waals surface area contributed by atoms with Gasteiger partial charge in [0.15, 0.2) is 0 Å². The van der Waals surface area contributed by atoms with Crippen molar-refractivity contribution in [1.29, 1.82) is 0 Å². The molecule has 1 aromatic heterocycles. The molecular weight excluding hydrogens is 408 g/mol. The third-order valence-corrected chi connectivity index (χ3v) is 5.02. The van der Waals surface area contributed by atoms with E-state index in [9.17, 15) is 9.59 Å². The number of hydrogen-bond acceptors (Lipinski definition) is 6. The summed E-state index contributed by atoms with van der Waals surface area (Å²) in [5, 5.41) is 14.8. The minimum atomic E-state index is -0.392. The Morgan fingerprint density at radius 3 is 3.00 bits per heavy atom. The van der Waals surface area contributed by atoms with Crippen molar-refractivity contribution in [3.05, 3.63) is 39.3 Å². The van der Waals surface area contributed by atoms with E-state index in [4.69, 9.17) is 4.74 Å². The lowest BCUT2D eigenvalue weighted by atomic mass is 10.2. The maximum atomic E-state index is 12.0. The van der Waals surface area contributed by atoms with Crippen LogP contribution in [0, 0.1) is 0 Å². The van der Waals surface area contributed by atoms with Gasteiger partial charge in [-0.05, 0) is 31.0 Å². The van der Waals surface area contributed by atoms with E-state index in [1.807, 2.05) is 12.1 Å². The first-order valence-electron chi connectivity index (χ1n) is 7.90. The number of aromatic nitrogens is 2. The average molecular weight is 425 g/mol. The molecule has 0 aliphatic carbocycles. The molecule has 25 heavy (non-hydrogen) atoms. The molecule has 132 valence electrons. The standard InChI is InChI=1S/C16H17BrN4O3S/c17-11-4-1-3-10(9-11)14(22)18-7-6-13-20-21-16(25-13)19-15(23)12-5-2-8-24-12/h1,3-4,9,12H,2,5-8H2,(H,18,22)(H,19,21,23)/t12-/m1/s1. The Morgan fingerprint density at radius 2 is 2.24 bits per heavy atom. The molecule has 9 heteroatoms. The third kappa shape index (κ3) is 5.07. The Balaban J connectivity index is 1.45. The number of halogens is 1. The fourth-order valence-electron chi connectivity index (χ4n) is 2.39. The highest BCUT2D eigenvalue weighted by atomic mass is 79.9. The van der Waals surface area contributed by atoms with Crippen LogP contribution in [0.5, 0.6) is 0 Å². The van der Waals surface area contributed by atoms with Crippen LogP contribution in [0.25, 0.3) is 0 Å². The number of nitrogens with one attached hydrogen (secondary N) is 2. The van der Waals surface area contributed by atoms with Crippen LogP contribution in [0.4, 0.5) is 5.13 Å². The van der Waals surface area contributed by atoms with E-state index >= 15 is 0 Å². The molecule has 1 fully saturated rings. The molecule has 0 unspecified atom stereocenters.